The third kappa shape index (κ3) is 6.05. The van der Waals surface area contributed by atoms with Crippen molar-refractivity contribution in [2.45, 2.75) is 30.2 Å². The molecule has 0 saturated carbocycles. The van der Waals surface area contributed by atoms with Crippen molar-refractivity contribution in [3.63, 3.8) is 0 Å². The van der Waals surface area contributed by atoms with Gasteiger partial charge in [-0.15, -0.1) is 12.4 Å². The van der Waals surface area contributed by atoms with Crippen LogP contribution < -0.4 is 20.1 Å². The van der Waals surface area contributed by atoms with Crippen molar-refractivity contribution in [1.29, 1.82) is 0 Å². The third-order valence-electron chi connectivity index (χ3n) is 3.97. The van der Waals surface area contributed by atoms with Crippen LogP contribution in [0.1, 0.15) is 19.3 Å². The minimum absolute atomic E-state index is 0. The number of benzene rings is 1. The Kier molecular flexibility index (Phi) is 8.47. The number of rotatable bonds is 7. The highest BCUT2D eigenvalue weighted by atomic mass is 35.5. The Morgan fingerprint density at radius 1 is 1.28 bits per heavy atom. The van der Waals surface area contributed by atoms with Gasteiger partial charge in [0.2, 0.25) is 5.91 Å². The fraction of sp³-hybridized carbons (Fsp3) is 0.562. The van der Waals surface area contributed by atoms with E-state index < -0.39 is 9.84 Å². The SMILES string of the molecule is COc1ccc(S(=O)(=O)CCC(=O)N[C@H]2CCCNC2)cc1OC.Cl. The zero-order chi connectivity index (χ0) is 17.6. The molecule has 1 heterocycles. The molecule has 0 aliphatic carbocycles. The van der Waals surface area contributed by atoms with Crippen molar-refractivity contribution >= 4 is 28.2 Å². The van der Waals surface area contributed by atoms with Crippen LogP contribution in [-0.2, 0) is 14.6 Å². The van der Waals surface area contributed by atoms with Crippen molar-refractivity contribution in [2.24, 2.45) is 0 Å². The van der Waals surface area contributed by atoms with Crippen molar-refractivity contribution in [1.82, 2.24) is 10.6 Å². The van der Waals surface area contributed by atoms with Crippen LogP contribution in [0.2, 0.25) is 0 Å². The van der Waals surface area contributed by atoms with E-state index in [-0.39, 0.29) is 41.4 Å². The maximum Gasteiger partial charge on any atom is 0.221 e. The highest BCUT2D eigenvalue weighted by Gasteiger charge is 2.20. The van der Waals surface area contributed by atoms with Gasteiger partial charge in [0.1, 0.15) is 0 Å². The molecule has 0 spiro atoms. The molecule has 1 saturated heterocycles. The predicted molar refractivity (Wildman–Crippen MR) is 97.5 cm³/mol. The average Bonchev–Trinajstić information content (AvgIpc) is 2.60. The monoisotopic (exact) mass is 392 g/mol. The molecule has 0 unspecified atom stereocenters. The second kappa shape index (κ2) is 9.84. The van der Waals surface area contributed by atoms with E-state index in [1.165, 1.54) is 26.4 Å². The largest absolute Gasteiger partial charge is 0.493 e. The molecule has 0 bridgehead atoms. The number of nitrogens with one attached hydrogen (secondary N) is 2. The van der Waals surface area contributed by atoms with Crippen LogP contribution in [0, 0.1) is 0 Å². The van der Waals surface area contributed by atoms with E-state index in [0.29, 0.717) is 11.5 Å². The van der Waals surface area contributed by atoms with Crippen molar-refractivity contribution in [3.05, 3.63) is 18.2 Å². The molecule has 1 aliphatic heterocycles. The number of piperidine rings is 1. The van der Waals surface area contributed by atoms with Gasteiger partial charge < -0.3 is 20.1 Å². The van der Waals surface area contributed by atoms with E-state index in [2.05, 4.69) is 10.6 Å². The highest BCUT2D eigenvalue weighted by Crippen LogP contribution is 2.29. The number of halogens is 1. The van der Waals surface area contributed by atoms with Crippen LogP contribution in [0.4, 0.5) is 0 Å². The molecule has 9 heteroatoms. The number of amides is 1. The molecule has 1 aliphatic rings. The van der Waals surface area contributed by atoms with Crippen LogP contribution in [0.15, 0.2) is 23.1 Å². The Morgan fingerprint density at radius 2 is 2.00 bits per heavy atom. The predicted octanol–water partition coefficient (Wildman–Crippen LogP) is 1.16. The minimum atomic E-state index is -3.57. The third-order valence-corrected chi connectivity index (χ3v) is 5.69. The van der Waals surface area contributed by atoms with Gasteiger partial charge in [0.15, 0.2) is 21.3 Å². The molecule has 1 aromatic carbocycles. The van der Waals surface area contributed by atoms with Gasteiger partial charge in [-0.25, -0.2) is 8.42 Å². The van der Waals surface area contributed by atoms with Crippen LogP contribution >= 0.6 is 12.4 Å². The molecular formula is C16H25ClN2O5S. The Balaban J connectivity index is 0.00000312. The maximum atomic E-state index is 12.4. The van der Waals surface area contributed by atoms with Gasteiger partial charge in [-0.05, 0) is 31.5 Å². The van der Waals surface area contributed by atoms with E-state index in [1.54, 1.807) is 6.07 Å². The summed E-state index contributed by atoms with van der Waals surface area (Å²) in [6.45, 7) is 1.69. The lowest BCUT2D eigenvalue weighted by Crippen LogP contribution is -2.45. The standard InChI is InChI=1S/C16H24N2O5S.ClH/c1-22-14-6-5-13(10-15(14)23-2)24(20,21)9-7-16(19)18-12-4-3-8-17-11-12;/h5-6,10,12,17H,3-4,7-9,11H2,1-2H3,(H,18,19);1H/t12-;/m0./s1. The maximum absolute atomic E-state index is 12.4. The summed E-state index contributed by atoms with van der Waals surface area (Å²) in [7, 11) is -0.639. The Bertz CT molecular complexity index is 675. The molecule has 25 heavy (non-hydrogen) atoms. The van der Waals surface area contributed by atoms with Crippen LogP contribution in [0.3, 0.4) is 0 Å². The molecule has 1 atom stereocenters. The Hall–Kier alpha value is -1.51. The Morgan fingerprint density at radius 3 is 2.60 bits per heavy atom. The van der Waals surface area contributed by atoms with Gasteiger partial charge in [-0.3, -0.25) is 4.79 Å². The van der Waals surface area contributed by atoms with Gasteiger partial charge in [0.05, 0.1) is 24.9 Å². The van der Waals surface area contributed by atoms with Crippen molar-refractivity contribution < 1.29 is 22.7 Å². The highest BCUT2D eigenvalue weighted by molar-refractivity contribution is 7.91. The first-order chi connectivity index (χ1) is 11.5. The quantitative estimate of drug-likeness (QED) is 0.723. The van der Waals surface area contributed by atoms with Crippen LogP contribution in [0.25, 0.3) is 0 Å². The van der Waals surface area contributed by atoms with Gasteiger partial charge in [-0.2, -0.15) is 0 Å². The molecule has 0 aromatic heterocycles. The van der Waals surface area contributed by atoms with Crippen LogP contribution in [0.5, 0.6) is 11.5 Å². The molecule has 1 amide bonds. The topological polar surface area (TPSA) is 93.7 Å². The zero-order valence-electron chi connectivity index (χ0n) is 14.4. The summed E-state index contributed by atoms with van der Waals surface area (Å²) < 4.78 is 35.0. The fourth-order valence-corrected chi connectivity index (χ4v) is 3.88. The molecule has 0 radical (unpaired) electrons. The number of hydrogen-bond donors (Lipinski definition) is 2. The summed E-state index contributed by atoms with van der Waals surface area (Å²) in [5.74, 6) is 0.317. The van der Waals surface area contributed by atoms with Crippen molar-refractivity contribution in [3.8, 4) is 11.5 Å². The molecule has 1 aromatic rings. The smallest absolute Gasteiger partial charge is 0.221 e. The molecule has 2 rings (SSSR count). The summed E-state index contributed by atoms with van der Waals surface area (Å²) in [6, 6.07) is 4.49. The van der Waals surface area contributed by atoms with E-state index in [4.69, 9.17) is 9.47 Å². The molecule has 1 fully saturated rings. The first-order valence-corrected chi connectivity index (χ1v) is 9.56. The van der Waals surface area contributed by atoms with Gasteiger partial charge in [0.25, 0.3) is 0 Å². The summed E-state index contributed by atoms with van der Waals surface area (Å²) in [5, 5.41) is 6.08. The average molecular weight is 393 g/mol. The summed E-state index contributed by atoms with van der Waals surface area (Å²) >= 11 is 0. The Labute approximate surface area is 154 Å². The lowest BCUT2D eigenvalue weighted by molar-refractivity contribution is -0.121. The van der Waals surface area contributed by atoms with Gasteiger partial charge in [-0.1, -0.05) is 0 Å². The van der Waals surface area contributed by atoms with E-state index in [9.17, 15) is 13.2 Å². The van der Waals surface area contributed by atoms with E-state index in [0.717, 1.165) is 25.9 Å². The summed E-state index contributed by atoms with van der Waals surface area (Å²) in [4.78, 5) is 12.1. The minimum Gasteiger partial charge on any atom is -0.493 e. The normalized spacial score (nSPS) is 17.3. The molecular weight excluding hydrogens is 368 g/mol. The fourth-order valence-electron chi connectivity index (χ4n) is 2.63. The number of methoxy groups -OCH3 is 2. The second-order valence-electron chi connectivity index (χ2n) is 5.70. The number of ether oxygens (including phenoxy) is 2. The molecule has 7 nitrogen and oxygen atoms in total. The number of carbonyl (C=O) groups excluding carboxylic acids is 1. The number of hydrogen-bond acceptors (Lipinski definition) is 6. The number of sulfone groups is 1. The van der Waals surface area contributed by atoms with Gasteiger partial charge in [0, 0.05) is 25.1 Å². The first-order valence-electron chi connectivity index (χ1n) is 7.91. The number of carbonyl (C=O) groups is 1. The van der Waals surface area contributed by atoms with E-state index >= 15 is 0 Å². The molecule has 142 valence electrons. The summed E-state index contributed by atoms with van der Waals surface area (Å²) in [5.41, 5.74) is 0. The molecule has 2 N–H and O–H groups in total. The van der Waals surface area contributed by atoms with Crippen LogP contribution in [-0.4, -0.2) is 53.4 Å². The van der Waals surface area contributed by atoms with E-state index in [1.807, 2.05) is 0 Å². The first kappa shape index (κ1) is 21.5. The zero-order valence-corrected chi connectivity index (χ0v) is 16.0. The van der Waals surface area contributed by atoms with Crippen molar-refractivity contribution in [2.75, 3.05) is 33.1 Å². The lowest BCUT2D eigenvalue weighted by atomic mass is 10.1. The summed E-state index contributed by atoms with van der Waals surface area (Å²) in [6.07, 6.45) is 1.86. The van der Waals surface area contributed by atoms with Gasteiger partial charge >= 0.3 is 0 Å². The lowest BCUT2D eigenvalue weighted by Gasteiger charge is -2.23. The second-order valence-corrected chi connectivity index (χ2v) is 7.81.